The van der Waals surface area contributed by atoms with E-state index in [4.69, 9.17) is 15.9 Å². The smallest absolute Gasteiger partial charge is 0.252 e. The first kappa shape index (κ1) is 15.9. The van der Waals surface area contributed by atoms with Crippen LogP contribution in [0.4, 0.5) is 0 Å². The lowest BCUT2D eigenvalue weighted by atomic mass is 10.1. The van der Waals surface area contributed by atoms with Gasteiger partial charge in [0.15, 0.2) is 11.5 Å². The average Bonchev–Trinajstić information content (AvgIpc) is 2.40. The molecule has 0 bridgehead atoms. The van der Waals surface area contributed by atoms with Gasteiger partial charge in [0.2, 0.25) is 0 Å². The van der Waals surface area contributed by atoms with Crippen molar-refractivity contribution < 1.29 is 14.3 Å². The van der Waals surface area contributed by atoms with Gasteiger partial charge in [-0.25, -0.2) is 0 Å². The molecule has 20 heavy (non-hydrogen) atoms. The summed E-state index contributed by atoms with van der Waals surface area (Å²) in [7, 11) is 0. The number of amides is 1. The summed E-state index contributed by atoms with van der Waals surface area (Å²) in [4.78, 5) is 12.1. The molecule has 1 aromatic carbocycles. The molecule has 0 aliphatic heterocycles. The van der Waals surface area contributed by atoms with Crippen LogP contribution < -0.4 is 14.8 Å². The zero-order valence-electron chi connectivity index (χ0n) is 12.4. The topological polar surface area (TPSA) is 47.6 Å². The number of hydrogen-bond donors (Lipinski definition) is 1. The Labute approximate surface area is 120 Å². The van der Waals surface area contributed by atoms with Gasteiger partial charge in [-0.3, -0.25) is 4.79 Å². The zero-order chi connectivity index (χ0) is 15.2. The molecule has 1 N–H and O–H groups in total. The molecule has 0 aliphatic carbocycles. The lowest BCUT2D eigenvalue weighted by Gasteiger charge is -2.20. The third-order valence-corrected chi connectivity index (χ3v) is 2.59. The molecule has 4 nitrogen and oxygen atoms in total. The van der Waals surface area contributed by atoms with Crippen LogP contribution in [-0.4, -0.2) is 24.7 Å². The summed E-state index contributed by atoms with van der Waals surface area (Å²) in [5.41, 5.74) is -0.207. The molecule has 0 atom stereocenters. The minimum absolute atomic E-state index is 0.239. The zero-order valence-corrected chi connectivity index (χ0v) is 12.4. The van der Waals surface area contributed by atoms with E-state index in [2.05, 4.69) is 11.2 Å². The van der Waals surface area contributed by atoms with Gasteiger partial charge in [-0.1, -0.05) is 5.92 Å². The van der Waals surface area contributed by atoms with Crippen molar-refractivity contribution in [1.29, 1.82) is 0 Å². The molecule has 108 valence electrons. The molecule has 4 heteroatoms. The highest BCUT2D eigenvalue weighted by Gasteiger charge is 2.19. The Morgan fingerprint density at radius 2 is 1.85 bits per heavy atom. The van der Waals surface area contributed by atoms with E-state index in [1.807, 2.05) is 13.8 Å². The third kappa shape index (κ3) is 4.20. The molecule has 0 aliphatic rings. The summed E-state index contributed by atoms with van der Waals surface area (Å²) in [5.74, 6) is 3.47. The monoisotopic (exact) mass is 275 g/mol. The summed E-state index contributed by atoms with van der Waals surface area (Å²) in [6.07, 6.45) is 5.36. The molecule has 0 heterocycles. The number of rotatable bonds is 6. The van der Waals surface area contributed by atoms with Gasteiger partial charge >= 0.3 is 0 Å². The molecule has 1 rings (SSSR count). The highest BCUT2D eigenvalue weighted by atomic mass is 16.5. The number of benzene rings is 1. The van der Waals surface area contributed by atoms with Gasteiger partial charge in [0, 0.05) is 5.56 Å². The number of carbonyl (C=O) groups excluding carboxylic acids is 1. The molecule has 0 radical (unpaired) electrons. The summed E-state index contributed by atoms with van der Waals surface area (Å²) >= 11 is 0. The molecule has 0 saturated carbocycles. The number of carbonyl (C=O) groups is 1. The Balaban J connectivity index is 2.99. The van der Waals surface area contributed by atoms with Crippen LogP contribution in [0.2, 0.25) is 0 Å². The molecular formula is C16H21NO3. The Kier molecular flexibility index (Phi) is 5.45. The maximum atomic E-state index is 12.1. The number of hydrogen-bond acceptors (Lipinski definition) is 3. The predicted octanol–water partition coefficient (Wildman–Crippen LogP) is 2.63. The van der Waals surface area contributed by atoms with Gasteiger partial charge in [0.25, 0.3) is 5.91 Å². The summed E-state index contributed by atoms with van der Waals surface area (Å²) < 4.78 is 10.9. The van der Waals surface area contributed by atoms with Gasteiger partial charge in [-0.05, 0) is 45.9 Å². The first-order chi connectivity index (χ1) is 9.43. The second kappa shape index (κ2) is 6.85. The van der Waals surface area contributed by atoms with Crippen molar-refractivity contribution in [3.05, 3.63) is 23.8 Å². The van der Waals surface area contributed by atoms with Crippen LogP contribution in [0.1, 0.15) is 38.1 Å². The van der Waals surface area contributed by atoms with E-state index < -0.39 is 5.54 Å². The van der Waals surface area contributed by atoms with Crippen molar-refractivity contribution in [3.8, 4) is 23.8 Å². The maximum absolute atomic E-state index is 12.1. The maximum Gasteiger partial charge on any atom is 0.252 e. The van der Waals surface area contributed by atoms with Crippen molar-refractivity contribution >= 4 is 5.91 Å². The number of ether oxygens (including phenoxy) is 2. The highest BCUT2D eigenvalue weighted by molar-refractivity contribution is 5.95. The van der Waals surface area contributed by atoms with Crippen LogP contribution in [0.5, 0.6) is 11.5 Å². The molecular weight excluding hydrogens is 254 g/mol. The van der Waals surface area contributed by atoms with Gasteiger partial charge in [0.05, 0.1) is 18.8 Å². The summed E-state index contributed by atoms with van der Waals surface area (Å²) in [6, 6.07) is 5.08. The van der Waals surface area contributed by atoms with Crippen molar-refractivity contribution in [3.63, 3.8) is 0 Å². The molecule has 0 saturated heterocycles. The van der Waals surface area contributed by atoms with E-state index in [0.29, 0.717) is 30.3 Å². The van der Waals surface area contributed by atoms with Crippen molar-refractivity contribution in [2.75, 3.05) is 13.2 Å². The van der Waals surface area contributed by atoms with E-state index in [0.717, 1.165) is 0 Å². The predicted molar refractivity (Wildman–Crippen MR) is 79.2 cm³/mol. The van der Waals surface area contributed by atoms with Crippen molar-refractivity contribution in [2.24, 2.45) is 0 Å². The molecule has 0 unspecified atom stereocenters. The number of terminal acetylenes is 1. The van der Waals surface area contributed by atoms with E-state index >= 15 is 0 Å². The first-order valence-corrected chi connectivity index (χ1v) is 6.63. The fraction of sp³-hybridized carbons (Fsp3) is 0.438. The van der Waals surface area contributed by atoms with Crippen LogP contribution in [0.25, 0.3) is 0 Å². The quantitative estimate of drug-likeness (QED) is 0.812. The van der Waals surface area contributed by atoms with E-state index in [9.17, 15) is 4.79 Å². The van der Waals surface area contributed by atoms with E-state index in [-0.39, 0.29) is 5.91 Å². The van der Waals surface area contributed by atoms with Gasteiger partial charge in [-0.15, -0.1) is 6.42 Å². The van der Waals surface area contributed by atoms with Gasteiger partial charge in [-0.2, -0.15) is 0 Å². The average molecular weight is 275 g/mol. The SMILES string of the molecule is C#CC(C)(C)NC(=O)c1ccc(OCC)c(OCC)c1. The van der Waals surface area contributed by atoms with Crippen molar-refractivity contribution in [1.82, 2.24) is 5.32 Å². The lowest BCUT2D eigenvalue weighted by molar-refractivity contribution is 0.0929. The fourth-order valence-corrected chi connectivity index (χ4v) is 1.58. The molecule has 1 amide bonds. The Morgan fingerprint density at radius 1 is 1.25 bits per heavy atom. The normalized spacial score (nSPS) is 10.6. The Bertz CT molecular complexity index is 515. The number of nitrogens with one attached hydrogen (secondary N) is 1. The standard InChI is InChI=1S/C16H21NO3/c1-6-16(4,5)17-15(18)12-9-10-13(19-7-2)14(11-12)20-8-3/h1,9-11H,7-8H2,2-5H3,(H,17,18). The van der Waals surface area contributed by atoms with Crippen LogP contribution in [0.15, 0.2) is 18.2 Å². The first-order valence-electron chi connectivity index (χ1n) is 6.63. The highest BCUT2D eigenvalue weighted by Crippen LogP contribution is 2.28. The van der Waals surface area contributed by atoms with Crippen LogP contribution >= 0.6 is 0 Å². The molecule has 0 spiro atoms. The second-order valence-corrected chi connectivity index (χ2v) is 4.75. The summed E-state index contributed by atoms with van der Waals surface area (Å²) in [5, 5.41) is 2.77. The second-order valence-electron chi connectivity index (χ2n) is 4.75. The summed E-state index contributed by atoms with van der Waals surface area (Å²) in [6.45, 7) is 8.35. The van der Waals surface area contributed by atoms with Crippen LogP contribution in [-0.2, 0) is 0 Å². The fourth-order valence-electron chi connectivity index (χ4n) is 1.58. The van der Waals surface area contributed by atoms with Crippen LogP contribution in [0, 0.1) is 12.3 Å². The van der Waals surface area contributed by atoms with Gasteiger partial charge < -0.3 is 14.8 Å². The van der Waals surface area contributed by atoms with E-state index in [1.165, 1.54) is 0 Å². The minimum Gasteiger partial charge on any atom is -0.490 e. The Morgan fingerprint density at radius 3 is 2.40 bits per heavy atom. The largest absolute Gasteiger partial charge is 0.490 e. The van der Waals surface area contributed by atoms with Crippen molar-refractivity contribution in [2.45, 2.75) is 33.2 Å². The molecule has 1 aromatic rings. The minimum atomic E-state index is -0.693. The van der Waals surface area contributed by atoms with E-state index in [1.54, 1.807) is 32.0 Å². The molecule has 0 aromatic heterocycles. The van der Waals surface area contributed by atoms with Gasteiger partial charge in [0.1, 0.15) is 0 Å². The third-order valence-electron chi connectivity index (χ3n) is 2.59. The Hall–Kier alpha value is -2.15. The lowest BCUT2D eigenvalue weighted by Crippen LogP contribution is -2.42. The molecule has 0 fully saturated rings. The van der Waals surface area contributed by atoms with Crippen LogP contribution in [0.3, 0.4) is 0 Å².